The van der Waals surface area contributed by atoms with Crippen LogP contribution in [0.3, 0.4) is 0 Å². The minimum Gasteiger partial charge on any atom is -0.310 e. The lowest BCUT2D eigenvalue weighted by Crippen LogP contribution is -2.16. The first-order chi connectivity index (χ1) is 8.56. The van der Waals surface area contributed by atoms with Gasteiger partial charge in [-0.15, -0.1) is 11.8 Å². The molecule has 0 radical (unpaired) electrons. The summed E-state index contributed by atoms with van der Waals surface area (Å²) in [5, 5.41) is 4.01. The lowest BCUT2D eigenvalue weighted by Gasteiger charge is -2.17. The largest absolute Gasteiger partial charge is 0.310 e. The zero-order valence-corrected chi connectivity index (χ0v) is 12.2. The molecule has 2 rings (SSSR count). The van der Waals surface area contributed by atoms with Crippen molar-refractivity contribution in [3.05, 3.63) is 29.6 Å². The van der Waals surface area contributed by atoms with E-state index in [1.54, 1.807) is 12.1 Å². The highest BCUT2D eigenvalue weighted by Crippen LogP contribution is 2.31. The molecule has 0 amide bonds. The van der Waals surface area contributed by atoms with Crippen LogP contribution in [-0.2, 0) is 6.54 Å². The first-order valence-electron chi connectivity index (χ1n) is 6.74. The Labute approximate surface area is 114 Å². The van der Waals surface area contributed by atoms with Gasteiger partial charge in [0.25, 0.3) is 0 Å². The number of hydrogen-bond acceptors (Lipinski definition) is 2. The highest BCUT2D eigenvalue weighted by molar-refractivity contribution is 8.00. The molecule has 1 nitrogen and oxygen atoms in total. The van der Waals surface area contributed by atoms with Gasteiger partial charge in [-0.3, -0.25) is 0 Å². The van der Waals surface area contributed by atoms with Gasteiger partial charge in [0.05, 0.1) is 0 Å². The fraction of sp³-hybridized carbons (Fsp3) is 0.600. The van der Waals surface area contributed by atoms with Crippen LogP contribution in [-0.4, -0.2) is 11.3 Å². The van der Waals surface area contributed by atoms with E-state index in [9.17, 15) is 4.39 Å². The molecule has 1 aliphatic carbocycles. The Morgan fingerprint density at radius 3 is 2.67 bits per heavy atom. The van der Waals surface area contributed by atoms with E-state index in [0.29, 0.717) is 17.2 Å². The van der Waals surface area contributed by atoms with Crippen molar-refractivity contribution in [3.8, 4) is 0 Å². The van der Waals surface area contributed by atoms with Crippen LogP contribution in [0.5, 0.6) is 0 Å². The summed E-state index contributed by atoms with van der Waals surface area (Å²) in [6.07, 6.45) is 2.53. The first kappa shape index (κ1) is 13.9. The van der Waals surface area contributed by atoms with Crippen LogP contribution < -0.4 is 5.32 Å². The van der Waals surface area contributed by atoms with Crippen molar-refractivity contribution in [2.24, 2.45) is 5.92 Å². The summed E-state index contributed by atoms with van der Waals surface area (Å²) in [6, 6.07) is 5.82. The molecule has 1 unspecified atom stereocenters. The molecule has 1 aromatic carbocycles. The van der Waals surface area contributed by atoms with Crippen LogP contribution in [0.2, 0.25) is 0 Å². The lowest BCUT2D eigenvalue weighted by atomic mass is 10.2. The molecule has 1 aliphatic rings. The fourth-order valence-electron chi connectivity index (χ4n) is 1.68. The summed E-state index contributed by atoms with van der Waals surface area (Å²) in [6.45, 7) is 7.47. The van der Waals surface area contributed by atoms with E-state index in [1.807, 2.05) is 17.8 Å². The van der Waals surface area contributed by atoms with E-state index in [4.69, 9.17) is 0 Å². The number of halogens is 1. The molecule has 1 fully saturated rings. The molecule has 0 bridgehead atoms. The van der Waals surface area contributed by atoms with Gasteiger partial charge in [0.15, 0.2) is 0 Å². The quantitative estimate of drug-likeness (QED) is 0.775. The SMILES string of the molecule is CC(C)C(C)Sc1ccc(F)cc1CNC1CC1. The molecule has 1 atom stereocenters. The van der Waals surface area contributed by atoms with Gasteiger partial charge in [-0.05, 0) is 42.5 Å². The second-order valence-corrected chi connectivity index (χ2v) is 6.89. The minimum atomic E-state index is -0.135. The first-order valence-corrected chi connectivity index (χ1v) is 7.62. The maximum absolute atomic E-state index is 13.3. The minimum absolute atomic E-state index is 0.135. The van der Waals surface area contributed by atoms with Gasteiger partial charge >= 0.3 is 0 Å². The Balaban J connectivity index is 2.06. The van der Waals surface area contributed by atoms with Gasteiger partial charge in [-0.2, -0.15) is 0 Å². The van der Waals surface area contributed by atoms with Crippen LogP contribution in [0.1, 0.15) is 39.2 Å². The summed E-state index contributed by atoms with van der Waals surface area (Å²) < 4.78 is 13.3. The highest BCUT2D eigenvalue weighted by atomic mass is 32.2. The third kappa shape index (κ3) is 3.99. The molecular formula is C15H22FNS. The van der Waals surface area contributed by atoms with E-state index in [2.05, 4.69) is 26.1 Å². The number of benzene rings is 1. The highest BCUT2D eigenvalue weighted by Gasteiger charge is 2.21. The zero-order chi connectivity index (χ0) is 13.1. The summed E-state index contributed by atoms with van der Waals surface area (Å²) in [7, 11) is 0. The van der Waals surface area contributed by atoms with E-state index in [-0.39, 0.29) is 5.82 Å². The molecule has 1 saturated carbocycles. The second kappa shape index (κ2) is 6.07. The van der Waals surface area contributed by atoms with Crippen LogP contribution in [0, 0.1) is 11.7 Å². The third-order valence-electron chi connectivity index (χ3n) is 3.43. The molecule has 3 heteroatoms. The maximum Gasteiger partial charge on any atom is 0.123 e. The van der Waals surface area contributed by atoms with Gasteiger partial charge in [0.2, 0.25) is 0 Å². The van der Waals surface area contributed by atoms with Gasteiger partial charge in [0, 0.05) is 22.7 Å². The summed E-state index contributed by atoms with van der Waals surface area (Å²) in [4.78, 5) is 1.21. The fourth-order valence-corrected chi connectivity index (χ4v) is 2.78. The molecule has 100 valence electrons. The molecule has 18 heavy (non-hydrogen) atoms. The van der Waals surface area contributed by atoms with Gasteiger partial charge in [-0.1, -0.05) is 20.8 Å². The van der Waals surface area contributed by atoms with Crippen molar-refractivity contribution >= 4 is 11.8 Å². The normalized spacial score (nSPS) is 17.2. The number of rotatable bonds is 6. The van der Waals surface area contributed by atoms with Crippen molar-refractivity contribution in [2.75, 3.05) is 0 Å². The van der Waals surface area contributed by atoms with Gasteiger partial charge in [0.1, 0.15) is 5.82 Å². The van der Waals surface area contributed by atoms with E-state index >= 15 is 0 Å². The van der Waals surface area contributed by atoms with Crippen molar-refractivity contribution in [2.45, 2.75) is 56.3 Å². The third-order valence-corrected chi connectivity index (χ3v) is 5.00. The molecule has 0 aliphatic heterocycles. The van der Waals surface area contributed by atoms with Crippen molar-refractivity contribution < 1.29 is 4.39 Å². The van der Waals surface area contributed by atoms with Crippen LogP contribution in [0.25, 0.3) is 0 Å². The van der Waals surface area contributed by atoms with Gasteiger partial charge < -0.3 is 5.32 Å². The maximum atomic E-state index is 13.3. The molecule has 0 saturated heterocycles. The topological polar surface area (TPSA) is 12.0 Å². The van der Waals surface area contributed by atoms with E-state index in [0.717, 1.165) is 12.1 Å². The standard InChI is InChI=1S/C15H22FNS/c1-10(2)11(3)18-15-7-4-13(16)8-12(15)9-17-14-5-6-14/h4,7-8,10-11,14,17H,5-6,9H2,1-3H3. The van der Waals surface area contributed by atoms with Crippen molar-refractivity contribution in [3.63, 3.8) is 0 Å². The van der Waals surface area contributed by atoms with E-state index < -0.39 is 0 Å². The second-order valence-electron chi connectivity index (χ2n) is 5.47. The Bertz CT molecular complexity index is 401. The molecule has 1 N–H and O–H groups in total. The Morgan fingerprint density at radius 2 is 2.06 bits per heavy atom. The van der Waals surface area contributed by atoms with E-state index in [1.165, 1.54) is 17.7 Å². The number of nitrogens with one attached hydrogen (secondary N) is 1. The summed E-state index contributed by atoms with van der Waals surface area (Å²) in [5.74, 6) is 0.494. The van der Waals surface area contributed by atoms with Crippen molar-refractivity contribution in [1.82, 2.24) is 5.32 Å². The van der Waals surface area contributed by atoms with Gasteiger partial charge in [-0.25, -0.2) is 4.39 Å². The Hall–Kier alpha value is -0.540. The molecule has 0 aromatic heterocycles. The molecule has 0 spiro atoms. The molecule has 0 heterocycles. The average Bonchev–Trinajstić information content (AvgIpc) is 3.13. The molecule has 1 aromatic rings. The zero-order valence-electron chi connectivity index (χ0n) is 11.4. The summed E-state index contributed by atoms with van der Waals surface area (Å²) in [5.41, 5.74) is 1.10. The smallest absolute Gasteiger partial charge is 0.123 e. The molecular weight excluding hydrogens is 245 g/mol. The summed E-state index contributed by atoms with van der Waals surface area (Å²) >= 11 is 1.85. The predicted octanol–water partition coefficient (Wildman–Crippen LogP) is 4.21. The van der Waals surface area contributed by atoms with Crippen LogP contribution in [0.4, 0.5) is 4.39 Å². The average molecular weight is 267 g/mol. The Morgan fingerprint density at radius 1 is 1.33 bits per heavy atom. The van der Waals surface area contributed by atoms with Crippen molar-refractivity contribution in [1.29, 1.82) is 0 Å². The monoisotopic (exact) mass is 267 g/mol. The van der Waals surface area contributed by atoms with Crippen LogP contribution in [0.15, 0.2) is 23.1 Å². The lowest BCUT2D eigenvalue weighted by molar-refractivity contribution is 0.614. The number of hydrogen-bond donors (Lipinski definition) is 1. The Kier molecular flexibility index (Phi) is 4.68. The van der Waals surface area contributed by atoms with Crippen LogP contribution >= 0.6 is 11.8 Å². The predicted molar refractivity (Wildman–Crippen MR) is 76.4 cm³/mol. The number of thioether (sulfide) groups is 1.